The Hall–Kier alpha value is 0.280. The number of nitrogens with two attached hydrogens (primary N) is 1. The van der Waals surface area contributed by atoms with Crippen LogP contribution in [-0.4, -0.2) is 67.2 Å². The van der Waals surface area contributed by atoms with Crippen LogP contribution in [0.4, 0.5) is 0 Å². The van der Waals surface area contributed by atoms with E-state index in [1.54, 1.807) is 7.11 Å². The Morgan fingerprint density at radius 3 is 2.45 bits per heavy atom. The average Bonchev–Trinajstić information content (AvgIpc) is 2.96. The Labute approximate surface area is 150 Å². The van der Waals surface area contributed by atoms with Gasteiger partial charge in [-0.3, -0.25) is 9.69 Å². The molecule has 3 N–H and O–H groups in total. The van der Waals surface area contributed by atoms with E-state index < -0.39 is 6.04 Å². The minimum atomic E-state index is -0.560. The van der Waals surface area contributed by atoms with Crippen LogP contribution in [-0.2, 0) is 9.53 Å². The number of hydrogen-bond donors (Lipinski definition) is 2. The molecule has 1 aliphatic heterocycles. The highest BCUT2D eigenvalue weighted by Crippen LogP contribution is 2.36. The van der Waals surface area contributed by atoms with Gasteiger partial charge in [0.05, 0.1) is 6.61 Å². The van der Waals surface area contributed by atoms with Gasteiger partial charge in [0.15, 0.2) is 0 Å². The van der Waals surface area contributed by atoms with Crippen LogP contribution in [0.15, 0.2) is 0 Å². The average molecular weight is 374 g/mol. The first-order valence-electron chi connectivity index (χ1n) is 7.53. The fourth-order valence-electron chi connectivity index (χ4n) is 3.31. The van der Waals surface area contributed by atoms with Gasteiger partial charge in [0.1, 0.15) is 6.04 Å². The third kappa shape index (κ3) is 5.73. The number of methoxy groups -OCH3 is 1. The molecular formula is C14H29Cl2N3O2S. The molecule has 1 saturated heterocycles. The van der Waals surface area contributed by atoms with E-state index in [9.17, 15) is 4.79 Å². The molecule has 5 nitrogen and oxygen atoms in total. The molecule has 2 rings (SSSR count). The Morgan fingerprint density at radius 2 is 1.91 bits per heavy atom. The van der Waals surface area contributed by atoms with E-state index >= 15 is 0 Å². The van der Waals surface area contributed by atoms with Crippen molar-refractivity contribution in [2.45, 2.75) is 37.3 Å². The number of rotatable bonds is 6. The molecule has 22 heavy (non-hydrogen) atoms. The van der Waals surface area contributed by atoms with Crippen molar-refractivity contribution in [1.82, 2.24) is 10.2 Å². The molecule has 1 saturated carbocycles. The van der Waals surface area contributed by atoms with Crippen molar-refractivity contribution in [2.24, 2.45) is 5.73 Å². The predicted octanol–water partition coefficient (Wildman–Crippen LogP) is 1.28. The summed E-state index contributed by atoms with van der Waals surface area (Å²) in [6.07, 6.45) is 4.92. The molecule has 1 atom stereocenters. The van der Waals surface area contributed by atoms with Gasteiger partial charge >= 0.3 is 0 Å². The minimum absolute atomic E-state index is 0. The predicted molar refractivity (Wildman–Crippen MR) is 97.5 cm³/mol. The minimum Gasteiger partial charge on any atom is -0.383 e. The summed E-state index contributed by atoms with van der Waals surface area (Å²) >= 11 is 2.03. The maximum Gasteiger partial charge on any atom is 0.239 e. The first-order valence-corrected chi connectivity index (χ1v) is 8.68. The topological polar surface area (TPSA) is 67.6 Å². The van der Waals surface area contributed by atoms with Crippen LogP contribution >= 0.6 is 36.6 Å². The van der Waals surface area contributed by atoms with Crippen LogP contribution in [0.3, 0.4) is 0 Å². The molecule has 1 heterocycles. The summed E-state index contributed by atoms with van der Waals surface area (Å²) in [5, 5.41) is 3.05. The zero-order valence-corrected chi connectivity index (χ0v) is 15.7. The summed E-state index contributed by atoms with van der Waals surface area (Å²) in [5.41, 5.74) is 5.95. The van der Waals surface area contributed by atoms with Crippen molar-refractivity contribution in [3.05, 3.63) is 0 Å². The zero-order valence-electron chi connectivity index (χ0n) is 13.2. The lowest BCUT2D eigenvalue weighted by atomic mass is 9.94. The molecule has 8 heteroatoms. The van der Waals surface area contributed by atoms with Crippen LogP contribution in [0.2, 0.25) is 0 Å². The fourth-order valence-corrected chi connectivity index (χ4v) is 4.22. The maximum absolute atomic E-state index is 12.0. The number of nitrogens with one attached hydrogen (secondary N) is 1. The van der Waals surface area contributed by atoms with Crippen LogP contribution in [0.5, 0.6) is 0 Å². The van der Waals surface area contributed by atoms with Crippen molar-refractivity contribution in [3.63, 3.8) is 0 Å². The van der Waals surface area contributed by atoms with Crippen molar-refractivity contribution in [3.8, 4) is 0 Å². The molecule has 1 unspecified atom stereocenters. The van der Waals surface area contributed by atoms with E-state index in [4.69, 9.17) is 10.5 Å². The normalized spacial score (nSPS) is 22.3. The van der Waals surface area contributed by atoms with Gasteiger partial charge in [-0.2, -0.15) is 11.8 Å². The van der Waals surface area contributed by atoms with Gasteiger partial charge in [-0.15, -0.1) is 24.8 Å². The second-order valence-corrected chi connectivity index (χ2v) is 7.04. The maximum atomic E-state index is 12.0. The number of halogens is 2. The van der Waals surface area contributed by atoms with Crippen molar-refractivity contribution < 1.29 is 9.53 Å². The van der Waals surface area contributed by atoms with Gasteiger partial charge in [-0.25, -0.2) is 0 Å². The van der Waals surface area contributed by atoms with Gasteiger partial charge in [-0.1, -0.05) is 12.8 Å². The van der Waals surface area contributed by atoms with Crippen LogP contribution < -0.4 is 11.1 Å². The lowest BCUT2D eigenvalue weighted by Crippen LogP contribution is -2.58. The highest BCUT2D eigenvalue weighted by Gasteiger charge is 2.40. The lowest BCUT2D eigenvalue weighted by Gasteiger charge is -2.43. The molecule has 0 spiro atoms. The van der Waals surface area contributed by atoms with E-state index in [-0.39, 0.29) is 42.9 Å². The summed E-state index contributed by atoms with van der Waals surface area (Å²) in [6.45, 7) is 3.29. The molecule has 0 aromatic heterocycles. The lowest BCUT2D eigenvalue weighted by molar-refractivity contribution is -0.124. The van der Waals surface area contributed by atoms with Gasteiger partial charge in [0.25, 0.3) is 0 Å². The third-order valence-electron chi connectivity index (χ3n) is 4.49. The van der Waals surface area contributed by atoms with Gasteiger partial charge in [0.2, 0.25) is 5.91 Å². The smallest absolute Gasteiger partial charge is 0.239 e. The standard InChI is InChI=1S/C14H27N3O2S.2ClH/c1-19-10-12(15)13(18)16-11-14(4-2-3-5-14)17-6-8-20-9-7-17;;/h12H,2-11,15H2,1H3,(H,16,18);2*1H. The number of thioether (sulfide) groups is 1. The van der Waals surface area contributed by atoms with Crippen LogP contribution in [0.25, 0.3) is 0 Å². The summed E-state index contributed by atoms with van der Waals surface area (Å²) < 4.78 is 4.94. The van der Waals surface area contributed by atoms with Gasteiger partial charge in [0, 0.05) is 43.8 Å². The highest BCUT2D eigenvalue weighted by atomic mass is 35.5. The molecule has 0 aromatic carbocycles. The summed E-state index contributed by atoms with van der Waals surface area (Å²) in [6, 6.07) is -0.560. The largest absolute Gasteiger partial charge is 0.383 e. The monoisotopic (exact) mass is 373 g/mol. The van der Waals surface area contributed by atoms with Crippen LogP contribution in [0.1, 0.15) is 25.7 Å². The Bertz CT molecular complexity index is 325. The Balaban J connectivity index is 0.00000220. The van der Waals surface area contributed by atoms with E-state index in [2.05, 4.69) is 10.2 Å². The highest BCUT2D eigenvalue weighted by molar-refractivity contribution is 7.99. The quantitative estimate of drug-likeness (QED) is 0.733. The summed E-state index contributed by atoms with van der Waals surface area (Å²) in [4.78, 5) is 14.6. The molecule has 0 aromatic rings. The summed E-state index contributed by atoms with van der Waals surface area (Å²) in [7, 11) is 1.57. The zero-order chi connectivity index (χ0) is 14.4. The molecule has 1 amide bonds. The third-order valence-corrected chi connectivity index (χ3v) is 5.43. The molecule has 2 fully saturated rings. The molecule has 0 bridgehead atoms. The summed E-state index contributed by atoms with van der Waals surface area (Å²) in [5.74, 6) is 2.32. The number of hydrogen-bond acceptors (Lipinski definition) is 5. The molecule has 132 valence electrons. The Kier molecular flexibility index (Phi) is 11.1. The molecular weight excluding hydrogens is 345 g/mol. The first-order chi connectivity index (χ1) is 9.68. The number of ether oxygens (including phenoxy) is 1. The number of carbonyl (C=O) groups is 1. The molecule has 1 aliphatic carbocycles. The fraction of sp³-hybridized carbons (Fsp3) is 0.929. The van der Waals surface area contributed by atoms with Crippen molar-refractivity contribution in [2.75, 3.05) is 44.9 Å². The van der Waals surface area contributed by atoms with Crippen molar-refractivity contribution >= 4 is 42.5 Å². The van der Waals surface area contributed by atoms with Crippen LogP contribution in [0, 0.1) is 0 Å². The van der Waals surface area contributed by atoms with E-state index in [0.29, 0.717) is 0 Å². The SMILES string of the molecule is COCC(N)C(=O)NCC1(N2CCSCC2)CCCC1.Cl.Cl. The van der Waals surface area contributed by atoms with E-state index in [1.807, 2.05) is 11.8 Å². The second-order valence-electron chi connectivity index (χ2n) is 5.81. The second kappa shape index (κ2) is 10.9. The first kappa shape index (κ1) is 22.3. The molecule has 0 radical (unpaired) electrons. The van der Waals surface area contributed by atoms with E-state index in [0.717, 1.165) is 19.6 Å². The Morgan fingerprint density at radius 1 is 1.32 bits per heavy atom. The van der Waals surface area contributed by atoms with E-state index in [1.165, 1.54) is 37.2 Å². The van der Waals surface area contributed by atoms with Crippen molar-refractivity contribution in [1.29, 1.82) is 0 Å². The number of nitrogens with zero attached hydrogens (tertiary/aromatic N) is 1. The number of amides is 1. The van der Waals surface area contributed by atoms with Gasteiger partial charge < -0.3 is 15.8 Å². The van der Waals surface area contributed by atoms with Gasteiger partial charge in [-0.05, 0) is 12.8 Å². The number of carbonyl (C=O) groups excluding carboxylic acids is 1. The molecule has 2 aliphatic rings.